The number of carbonyl (C=O) groups is 2. The molecule has 42 heavy (non-hydrogen) atoms. The highest BCUT2D eigenvalue weighted by Crippen LogP contribution is 2.41. The number of carbonyl (C=O) groups excluding carboxylic acids is 2. The molecule has 0 unspecified atom stereocenters. The monoisotopic (exact) mass is 574 g/mol. The van der Waals surface area contributed by atoms with E-state index in [-0.39, 0.29) is 18.1 Å². The number of ether oxygens (including phenoxy) is 4. The molecule has 1 saturated heterocycles. The Kier molecular flexibility index (Phi) is 11.1. The number of benzene rings is 3. The van der Waals surface area contributed by atoms with E-state index < -0.39 is 6.04 Å². The number of esters is 1. The zero-order chi connectivity index (χ0) is 29.9. The molecular formula is C34H42N2O6. The van der Waals surface area contributed by atoms with Crippen molar-refractivity contribution in [2.75, 3.05) is 39.8 Å². The maximum absolute atomic E-state index is 13.8. The summed E-state index contributed by atoms with van der Waals surface area (Å²) in [6.07, 6.45) is 5.04. The average molecular weight is 575 g/mol. The number of aryl methyl sites for hydroxylation is 2. The van der Waals surface area contributed by atoms with Crippen molar-refractivity contribution >= 4 is 17.7 Å². The minimum atomic E-state index is -0.647. The van der Waals surface area contributed by atoms with Gasteiger partial charge in [0.1, 0.15) is 12.1 Å². The number of hydrogen-bond donors (Lipinski definition) is 0. The fourth-order valence-electron chi connectivity index (χ4n) is 5.42. The first-order valence-electron chi connectivity index (χ1n) is 14.6. The zero-order valence-corrected chi connectivity index (χ0v) is 25.1. The highest BCUT2D eigenvalue weighted by molar-refractivity contribution is 5.95. The van der Waals surface area contributed by atoms with Gasteiger partial charge in [0.15, 0.2) is 11.5 Å². The molecule has 1 aliphatic heterocycles. The molecule has 1 atom stereocenters. The molecule has 0 N–H and O–H groups in total. The molecule has 3 aromatic carbocycles. The normalized spacial score (nSPS) is 14.8. The second-order valence-corrected chi connectivity index (χ2v) is 10.5. The van der Waals surface area contributed by atoms with E-state index in [1.54, 1.807) is 24.1 Å². The van der Waals surface area contributed by atoms with E-state index in [9.17, 15) is 9.59 Å². The molecule has 3 aromatic rings. The first-order valence-corrected chi connectivity index (χ1v) is 14.6. The van der Waals surface area contributed by atoms with Crippen LogP contribution in [-0.4, -0.2) is 64.0 Å². The van der Waals surface area contributed by atoms with Crippen LogP contribution in [0, 0.1) is 0 Å². The number of urea groups is 1. The quantitative estimate of drug-likeness (QED) is 0.236. The summed E-state index contributed by atoms with van der Waals surface area (Å²) < 4.78 is 22.6. The molecule has 1 aliphatic rings. The Morgan fingerprint density at radius 2 is 1.38 bits per heavy atom. The molecule has 0 saturated carbocycles. The summed E-state index contributed by atoms with van der Waals surface area (Å²) in [5.41, 5.74) is 2.98. The third-order valence-electron chi connectivity index (χ3n) is 7.82. The van der Waals surface area contributed by atoms with E-state index in [1.807, 2.05) is 36.4 Å². The molecule has 0 bridgehead atoms. The Balaban J connectivity index is 1.49. The zero-order valence-electron chi connectivity index (χ0n) is 25.1. The van der Waals surface area contributed by atoms with Gasteiger partial charge in [-0.3, -0.25) is 4.90 Å². The molecule has 224 valence electrons. The van der Waals surface area contributed by atoms with Crippen molar-refractivity contribution in [2.24, 2.45) is 0 Å². The molecule has 4 rings (SSSR count). The second kappa shape index (κ2) is 15.1. The third-order valence-corrected chi connectivity index (χ3v) is 7.82. The lowest BCUT2D eigenvalue weighted by atomic mass is 10.00. The van der Waals surface area contributed by atoms with E-state index in [0.717, 1.165) is 25.7 Å². The van der Waals surface area contributed by atoms with Crippen molar-refractivity contribution in [3.8, 4) is 17.2 Å². The molecule has 8 nitrogen and oxygen atoms in total. The van der Waals surface area contributed by atoms with Gasteiger partial charge in [-0.05, 0) is 56.1 Å². The third kappa shape index (κ3) is 7.75. The molecule has 0 spiro atoms. The van der Waals surface area contributed by atoms with Crippen LogP contribution in [-0.2, 0) is 22.4 Å². The van der Waals surface area contributed by atoms with E-state index in [1.165, 1.54) is 37.4 Å². The van der Waals surface area contributed by atoms with Crippen LogP contribution in [0.4, 0.5) is 10.5 Å². The summed E-state index contributed by atoms with van der Waals surface area (Å²) in [6.45, 7) is 0.478. The Hall–Kier alpha value is -4.20. The minimum Gasteiger partial charge on any atom is -0.493 e. The second-order valence-electron chi connectivity index (χ2n) is 10.5. The maximum atomic E-state index is 13.8. The van der Waals surface area contributed by atoms with Gasteiger partial charge in [0.05, 0.1) is 27.0 Å². The van der Waals surface area contributed by atoms with Crippen molar-refractivity contribution in [2.45, 2.75) is 57.1 Å². The average Bonchev–Trinajstić information content (AvgIpc) is 3.05. The number of nitrogens with zero attached hydrogens (tertiary/aromatic N) is 2. The lowest BCUT2D eigenvalue weighted by Gasteiger charge is -2.37. The van der Waals surface area contributed by atoms with Crippen molar-refractivity contribution in [1.29, 1.82) is 0 Å². The Morgan fingerprint density at radius 3 is 1.88 bits per heavy atom. The van der Waals surface area contributed by atoms with Crippen LogP contribution in [0.5, 0.6) is 17.2 Å². The highest BCUT2D eigenvalue weighted by Gasteiger charge is 2.36. The Bertz CT molecular complexity index is 1230. The molecule has 1 heterocycles. The fourth-order valence-corrected chi connectivity index (χ4v) is 5.42. The molecule has 0 aromatic heterocycles. The highest BCUT2D eigenvalue weighted by atomic mass is 16.5. The van der Waals surface area contributed by atoms with Gasteiger partial charge in [-0.15, -0.1) is 0 Å². The SMILES string of the molecule is COc1cc(N(C)C(=O)N2CCCC[C@H]2C(=O)OC(CCc2ccccc2)CCc2ccccc2)cc(OC)c1OC. The largest absolute Gasteiger partial charge is 0.493 e. The van der Waals surface area contributed by atoms with Crippen LogP contribution in [0.15, 0.2) is 72.8 Å². The van der Waals surface area contributed by atoms with Crippen molar-refractivity contribution < 1.29 is 28.5 Å². The van der Waals surface area contributed by atoms with Gasteiger partial charge in [0, 0.05) is 25.7 Å². The van der Waals surface area contributed by atoms with Gasteiger partial charge >= 0.3 is 12.0 Å². The first-order chi connectivity index (χ1) is 20.4. The van der Waals surface area contributed by atoms with E-state index in [2.05, 4.69) is 24.3 Å². The molecule has 1 fully saturated rings. The number of anilines is 1. The molecule has 2 amide bonds. The number of amides is 2. The Labute approximate surface area is 249 Å². The number of hydrogen-bond acceptors (Lipinski definition) is 6. The minimum absolute atomic E-state index is 0.260. The predicted molar refractivity (Wildman–Crippen MR) is 164 cm³/mol. The maximum Gasteiger partial charge on any atom is 0.329 e. The van der Waals surface area contributed by atoms with Crippen LogP contribution in [0.3, 0.4) is 0 Å². The number of piperidine rings is 1. The van der Waals surface area contributed by atoms with Gasteiger partial charge < -0.3 is 23.8 Å². The van der Waals surface area contributed by atoms with Gasteiger partial charge in [-0.1, -0.05) is 60.7 Å². The summed E-state index contributed by atoms with van der Waals surface area (Å²) in [6, 6.07) is 23.0. The van der Waals surface area contributed by atoms with Crippen molar-refractivity contribution in [3.05, 3.63) is 83.9 Å². The fraction of sp³-hybridized carbons (Fsp3) is 0.412. The van der Waals surface area contributed by atoms with Crippen LogP contribution >= 0.6 is 0 Å². The predicted octanol–water partition coefficient (Wildman–Crippen LogP) is 6.30. The van der Waals surface area contributed by atoms with Gasteiger partial charge in [-0.2, -0.15) is 0 Å². The van der Waals surface area contributed by atoms with E-state index in [0.29, 0.717) is 48.7 Å². The van der Waals surface area contributed by atoms with Crippen LogP contribution in [0.2, 0.25) is 0 Å². The van der Waals surface area contributed by atoms with E-state index in [4.69, 9.17) is 18.9 Å². The van der Waals surface area contributed by atoms with Crippen LogP contribution in [0.25, 0.3) is 0 Å². The summed E-state index contributed by atoms with van der Waals surface area (Å²) in [5.74, 6) is 0.995. The topological polar surface area (TPSA) is 77.5 Å². The van der Waals surface area contributed by atoms with Gasteiger partial charge in [0.2, 0.25) is 5.75 Å². The summed E-state index contributed by atoms with van der Waals surface area (Å²) in [5, 5.41) is 0. The molecular weight excluding hydrogens is 532 g/mol. The van der Waals surface area contributed by atoms with Gasteiger partial charge in [-0.25, -0.2) is 9.59 Å². The smallest absolute Gasteiger partial charge is 0.329 e. The number of methoxy groups -OCH3 is 3. The van der Waals surface area contributed by atoms with Crippen LogP contribution in [0.1, 0.15) is 43.2 Å². The lowest BCUT2D eigenvalue weighted by Crippen LogP contribution is -2.53. The van der Waals surface area contributed by atoms with E-state index >= 15 is 0 Å². The Morgan fingerprint density at radius 1 is 0.833 bits per heavy atom. The summed E-state index contributed by atoms with van der Waals surface area (Å²) in [4.78, 5) is 30.7. The van der Waals surface area contributed by atoms with Crippen LogP contribution < -0.4 is 19.1 Å². The number of likely N-dealkylation sites (tertiary alicyclic amines) is 1. The van der Waals surface area contributed by atoms with Gasteiger partial charge in [0.25, 0.3) is 0 Å². The molecule has 8 heteroatoms. The first kappa shape index (κ1) is 30.8. The molecule has 0 aliphatic carbocycles. The summed E-state index contributed by atoms with van der Waals surface area (Å²) in [7, 11) is 6.28. The number of rotatable bonds is 12. The van der Waals surface area contributed by atoms with Crippen molar-refractivity contribution in [3.63, 3.8) is 0 Å². The summed E-state index contributed by atoms with van der Waals surface area (Å²) >= 11 is 0. The lowest BCUT2D eigenvalue weighted by molar-refractivity contribution is -0.156. The standard InChI is InChI=1S/C34H42N2O6/c1-35(27-23-30(39-2)32(41-4)31(24-27)40-3)34(38)36-22-12-11-17-29(36)33(37)42-28(20-18-25-13-7-5-8-14-25)21-19-26-15-9-6-10-16-26/h5-10,13-16,23-24,28-29H,11-12,17-22H2,1-4H3/t29-/m0/s1. The van der Waals surface area contributed by atoms with Crippen molar-refractivity contribution in [1.82, 2.24) is 4.90 Å². The molecule has 0 radical (unpaired) electrons.